The second-order valence-electron chi connectivity index (χ2n) is 23.2. The summed E-state index contributed by atoms with van der Waals surface area (Å²) >= 11 is 0. The molecule has 1 amide bonds. The number of carbonyl (C=O) groups excluding carboxylic acids is 2. The van der Waals surface area contributed by atoms with Gasteiger partial charge in [0.15, 0.2) is 12.4 Å². The van der Waals surface area contributed by atoms with Crippen molar-refractivity contribution in [1.29, 1.82) is 0 Å². The molecule has 0 bridgehead atoms. The van der Waals surface area contributed by atoms with E-state index in [0.717, 1.165) is 116 Å². The lowest BCUT2D eigenvalue weighted by Crippen LogP contribution is -2.61. The molecular weight excluding hydrogens is 1040 g/mol. The fourth-order valence-corrected chi connectivity index (χ4v) is 10.1. The van der Waals surface area contributed by atoms with Crippen molar-refractivity contribution in [3.8, 4) is 0 Å². The Bertz CT molecular complexity index is 1720. The number of ether oxygens (including phenoxy) is 3. The summed E-state index contributed by atoms with van der Waals surface area (Å²) in [7, 11) is 0. The van der Waals surface area contributed by atoms with Crippen molar-refractivity contribution < 1.29 is 49.3 Å². The Morgan fingerprint density at radius 3 is 1.31 bits per heavy atom. The monoisotopic (exact) mass is 1160 g/mol. The summed E-state index contributed by atoms with van der Waals surface area (Å²) < 4.78 is 17.7. The van der Waals surface area contributed by atoms with Gasteiger partial charge in [0.25, 0.3) is 0 Å². The number of aliphatic hydroxyl groups excluding tert-OH is 5. The number of esters is 1. The first kappa shape index (κ1) is 77.6. The SMILES string of the molecule is CC/C=C\C/C=C\C/C=C\C/C=C\C/C=C\C/C=C\CCCCCCCC(O)C(=O)NC(COC1OC(CO)C(O)C(O)C1OC(=O)CCCCCCCCCCC/C=C/CCCCCCCC)C(O)/C=C/CCCCCCCCCCC. The van der Waals surface area contributed by atoms with Crippen molar-refractivity contribution in [2.45, 2.75) is 333 Å². The van der Waals surface area contributed by atoms with E-state index < -0.39 is 67.4 Å². The fraction of sp³-hybridized carbons (Fsp3) is 0.750. The molecule has 0 spiro atoms. The Hall–Kier alpha value is -3.42. The number of rotatable bonds is 57. The van der Waals surface area contributed by atoms with Crippen LogP contribution in [0, 0.1) is 0 Å². The Kier molecular flexibility index (Phi) is 55.1. The second kappa shape index (κ2) is 58.9. The summed E-state index contributed by atoms with van der Waals surface area (Å²) in [5, 5.41) is 57.1. The van der Waals surface area contributed by atoms with Crippen LogP contribution in [-0.2, 0) is 23.8 Å². The van der Waals surface area contributed by atoms with Crippen LogP contribution in [0.1, 0.15) is 284 Å². The number of unbranched alkanes of at least 4 members (excludes halogenated alkanes) is 29. The molecule has 478 valence electrons. The molecule has 11 nitrogen and oxygen atoms in total. The molecular formula is C72H125NO10. The van der Waals surface area contributed by atoms with E-state index in [1.165, 1.54) is 122 Å². The van der Waals surface area contributed by atoms with Crippen LogP contribution < -0.4 is 5.32 Å². The molecule has 0 aromatic carbocycles. The van der Waals surface area contributed by atoms with Crippen LogP contribution in [-0.4, -0.2) is 99.6 Å². The number of nitrogens with one attached hydrogen (secondary N) is 1. The van der Waals surface area contributed by atoms with E-state index in [9.17, 15) is 35.1 Å². The van der Waals surface area contributed by atoms with Gasteiger partial charge in [0.05, 0.1) is 25.4 Å². The Morgan fingerprint density at radius 2 is 0.867 bits per heavy atom. The van der Waals surface area contributed by atoms with E-state index in [4.69, 9.17) is 14.2 Å². The van der Waals surface area contributed by atoms with Gasteiger partial charge in [-0.25, -0.2) is 0 Å². The minimum Gasteiger partial charge on any atom is -0.454 e. The minimum absolute atomic E-state index is 0.116. The highest BCUT2D eigenvalue weighted by molar-refractivity contribution is 5.80. The van der Waals surface area contributed by atoms with Gasteiger partial charge in [-0.3, -0.25) is 9.59 Å². The van der Waals surface area contributed by atoms with Gasteiger partial charge in [-0.2, -0.15) is 0 Å². The van der Waals surface area contributed by atoms with Crippen LogP contribution in [0.4, 0.5) is 0 Å². The van der Waals surface area contributed by atoms with Gasteiger partial charge >= 0.3 is 5.97 Å². The van der Waals surface area contributed by atoms with E-state index in [2.05, 4.69) is 111 Å². The van der Waals surface area contributed by atoms with Gasteiger partial charge < -0.3 is 45.1 Å². The molecule has 0 aromatic heterocycles. The largest absolute Gasteiger partial charge is 0.454 e. The van der Waals surface area contributed by atoms with Crippen molar-refractivity contribution in [2.24, 2.45) is 0 Å². The van der Waals surface area contributed by atoms with Gasteiger partial charge in [0.2, 0.25) is 5.91 Å². The van der Waals surface area contributed by atoms with E-state index in [1.807, 2.05) is 6.08 Å². The van der Waals surface area contributed by atoms with E-state index in [-0.39, 0.29) is 19.4 Å². The predicted octanol–water partition coefficient (Wildman–Crippen LogP) is 17.1. The normalized spacial score (nSPS) is 19.2. The lowest BCUT2D eigenvalue weighted by Gasteiger charge is -2.41. The number of amides is 1. The summed E-state index contributed by atoms with van der Waals surface area (Å²) in [6, 6.07) is -1.04. The van der Waals surface area contributed by atoms with Crippen LogP contribution in [0.15, 0.2) is 97.2 Å². The van der Waals surface area contributed by atoms with Crippen molar-refractivity contribution in [2.75, 3.05) is 13.2 Å². The molecule has 11 heteroatoms. The summed E-state index contributed by atoms with van der Waals surface area (Å²) in [6.45, 7) is 5.67. The standard InChI is InChI=1S/C72H125NO10/c1-4-7-10-13-16-19-22-24-26-28-30-31-32-33-34-36-37-39-41-44-47-50-53-56-59-65(76)71(80)73-63(64(75)58-55-52-49-46-43-21-18-15-12-9-6-3)62-81-72-70(69(79)68(78)66(61-74)82-72)83-67(77)60-57-54-51-48-45-42-40-38-35-29-27-25-23-20-17-14-11-8-5-2/h7,10,16,19,24-27,30-31,33-34,37,39,55,58,63-66,68-70,72,74-76,78-79H,4-6,8-9,11-15,17-18,20-23,28-29,32,35-36,38,40-54,56-57,59-62H2,1-3H3,(H,73,80)/b10-7-,19-16-,26-24-,27-25+,31-30-,34-33-,39-37-,58-55+. The van der Waals surface area contributed by atoms with Gasteiger partial charge in [-0.15, -0.1) is 0 Å². The molecule has 6 N–H and O–H groups in total. The van der Waals surface area contributed by atoms with Crippen molar-refractivity contribution >= 4 is 11.9 Å². The van der Waals surface area contributed by atoms with E-state index in [1.54, 1.807) is 6.08 Å². The molecule has 8 atom stereocenters. The first-order chi connectivity index (χ1) is 40.7. The molecule has 0 saturated carbocycles. The molecule has 1 rings (SSSR count). The Labute approximate surface area is 507 Å². The highest BCUT2D eigenvalue weighted by atomic mass is 16.7. The Morgan fingerprint density at radius 1 is 0.482 bits per heavy atom. The first-order valence-corrected chi connectivity index (χ1v) is 34.0. The zero-order valence-electron chi connectivity index (χ0n) is 53.0. The molecule has 1 fully saturated rings. The maximum Gasteiger partial charge on any atom is 0.306 e. The number of carbonyl (C=O) groups is 2. The summed E-state index contributed by atoms with van der Waals surface area (Å²) in [5.74, 6) is -1.21. The predicted molar refractivity (Wildman–Crippen MR) is 347 cm³/mol. The van der Waals surface area contributed by atoms with Crippen LogP contribution in [0.25, 0.3) is 0 Å². The quantitative estimate of drug-likeness (QED) is 0.0195. The molecule has 1 aliphatic rings. The third-order valence-corrected chi connectivity index (χ3v) is 15.5. The van der Waals surface area contributed by atoms with Crippen LogP contribution in [0.5, 0.6) is 0 Å². The van der Waals surface area contributed by atoms with Crippen LogP contribution in [0.2, 0.25) is 0 Å². The zero-order valence-corrected chi connectivity index (χ0v) is 53.0. The molecule has 0 radical (unpaired) electrons. The maximum absolute atomic E-state index is 13.5. The van der Waals surface area contributed by atoms with E-state index in [0.29, 0.717) is 12.8 Å². The summed E-state index contributed by atoms with van der Waals surface area (Å²) in [4.78, 5) is 26.6. The van der Waals surface area contributed by atoms with Crippen molar-refractivity contribution in [3.05, 3.63) is 97.2 Å². The molecule has 1 aliphatic heterocycles. The fourth-order valence-electron chi connectivity index (χ4n) is 10.1. The smallest absolute Gasteiger partial charge is 0.306 e. The average Bonchev–Trinajstić information content (AvgIpc) is 3.52. The maximum atomic E-state index is 13.5. The van der Waals surface area contributed by atoms with E-state index >= 15 is 0 Å². The lowest BCUT2D eigenvalue weighted by atomic mass is 9.99. The number of allylic oxidation sites excluding steroid dienone is 15. The molecule has 1 saturated heterocycles. The number of hydrogen-bond donors (Lipinski definition) is 6. The summed E-state index contributed by atoms with van der Waals surface area (Å²) in [6.07, 6.45) is 68.7. The van der Waals surface area contributed by atoms with Crippen LogP contribution >= 0.6 is 0 Å². The second-order valence-corrected chi connectivity index (χ2v) is 23.2. The topological polar surface area (TPSA) is 175 Å². The molecule has 0 aliphatic carbocycles. The molecule has 8 unspecified atom stereocenters. The van der Waals surface area contributed by atoms with Crippen molar-refractivity contribution in [1.82, 2.24) is 5.32 Å². The number of hydrogen-bond acceptors (Lipinski definition) is 10. The zero-order chi connectivity index (χ0) is 60.3. The third-order valence-electron chi connectivity index (χ3n) is 15.5. The van der Waals surface area contributed by atoms with Gasteiger partial charge in [0, 0.05) is 6.42 Å². The first-order valence-electron chi connectivity index (χ1n) is 34.0. The minimum atomic E-state index is -1.62. The lowest BCUT2D eigenvalue weighted by molar-refractivity contribution is -0.305. The molecule has 1 heterocycles. The third kappa shape index (κ3) is 46.5. The van der Waals surface area contributed by atoms with Gasteiger partial charge in [-0.05, 0) is 103 Å². The van der Waals surface area contributed by atoms with Gasteiger partial charge in [0.1, 0.15) is 24.4 Å². The summed E-state index contributed by atoms with van der Waals surface area (Å²) in [5.41, 5.74) is 0. The average molecular weight is 1160 g/mol. The van der Waals surface area contributed by atoms with Gasteiger partial charge in [-0.1, -0.05) is 272 Å². The highest BCUT2D eigenvalue weighted by Crippen LogP contribution is 2.26. The highest BCUT2D eigenvalue weighted by Gasteiger charge is 2.47. The van der Waals surface area contributed by atoms with Crippen molar-refractivity contribution in [3.63, 3.8) is 0 Å². The number of aliphatic hydroxyl groups is 5. The Balaban J connectivity index is 2.62. The van der Waals surface area contributed by atoms with Crippen LogP contribution in [0.3, 0.4) is 0 Å². The molecule has 0 aromatic rings. The molecule has 83 heavy (non-hydrogen) atoms.